The van der Waals surface area contributed by atoms with Gasteiger partial charge in [-0.15, -0.1) is 0 Å². The van der Waals surface area contributed by atoms with Crippen LogP contribution in [0, 0.1) is 0 Å². The van der Waals surface area contributed by atoms with Crippen molar-refractivity contribution in [3.05, 3.63) is 76.3 Å². The number of fused-ring (bicyclic) bond motifs is 3. The van der Waals surface area contributed by atoms with Crippen LogP contribution in [-0.2, 0) is 4.79 Å². The number of esters is 1. The van der Waals surface area contributed by atoms with Gasteiger partial charge in [0.25, 0.3) is 0 Å². The average Bonchev–Trinajstić information content (AvgIpc) is 2.55. The molecule has 22 heavy (non-hydrogen) atoms. The van der Waals surface area contributed by atoms with Gasteiger partial charge in [-0.05, 0) is 23.1 Å². The molecule has 1 heterocycles. The van der Waals surface area contributed by atoms with Crippen LogP contribution in [0.5, 0.6) is 5.75 Å². The molecule has 3 aromatic carbocycles. The number of hydrogen-bond acceptors (Lipinski definition) is 2. The van der Waals surface area contributed by atoms with Gasteiger partial charge in [0.05, 0.1) is 6.42 Å². The Bertz CT molecular complexity index is 868. The molecule has 2 nitrogen and oxygen atoms in total. The van der Waals surface area contributed by atoms with Crippen molar-refractivity contribution in [2.45, 2.75) is 12.3 Å². The normalized spacial score (nSPS) is 17.1. The lowest BCUT2D eigenvalue weighted by atomic mass is 9.85. The minimum atomic E-state index is -0.170. The van der Waals surface area contributed by atoms with E-state index in [0.717, 1.165) is 26.4 Å². The van der Waals surface area contributed by atoms with Gasteiger partial charge in [0.1, 0.15) is 5.75 Å². The Labute approximate surface area is 136 Å². The van der Waals surface area contributed by atoms with Gasteiger partial charge in [-0.1, -0.05) is 64.5 Å². The van der Waals surface area contributed by atoms with E-state index >= 15 is 0 Å². The molecule has 0 amide bonds. The molecule has 0 radical (unpaired) electrons. The lowest BCUT2D eigenvalue weighted by molar-refractivity contribution is -0.135. The zero-order valence-corrected chi connectivity index (χ0v) is 13.3. The van der Waals surface area contributed by atoms with E-state index in [0.29, 0.717) is 12.2 Å². The molecule has 108 valence electrons. The van der Waals surface area contributed by atoms with Crippen LogP contribution in [0.2, 0.25) is 0 Å². The SMILES string of the molecule is O=C1CC(c2ccc(Br)cc2)c2ccc3ccccc3c2O1. The number of hydrogen-bond donors (Lipinski definition) is 0. The summed E-state index contributed by atoms with van der Waals surface area (Å²) in [5.41, 5.74) is 2.22. The molecule has 0 N–H and O–H groups in total. The molecule has 0 fully saturated rings. The number of carbonyl (C=O) groups excluding carboxylic acids is 1. The Morgan fingerprint density at radius 2 is 1.73 bits per heavy atom. The van der Waals surface area contributed by atoms with Crippen LogP contribution in [0.15, 0.2) is 65.1 Å². The topological polar surface area (TPSA) is 26.3 Å². The third-order valence-electron chi connectivity index (χ3n) is 4.14. The van der Waals surface area contributed by atoms with Crippen LogP contribution >= 0.6 is 15.9 Å². The van der Waals surface area contributed by atoms with Gasteiger partial charge in [0.15, 0.2) is 0 Å². The zero-order chi connectivity index (χ0) is 15.1. The molecule has 1 aliphatic heterocycles. The van der Waals surface area contributed by atoms with Crippen LogP contribution in [0.25, 0.3) is 10.8 Å². The fourth-order valence-electron chi connectivity index (χ4n) is 3.07. The van der Waals surface area contributed by atoms with Crippen molar-refractivity contribution in [2.24, 2.45) is 0 Å². The second-order valence-corrected chi connectivity index (χ2v) is 6.40. The molecule has 0 aromatic heterocycles. The predicted molar refractivity (Wildman–Crippen MR) is 90.2 cm³/mol. The highest BCUT2D eigenvalue weighted by atomic mass is 79.9. The zero-order valence-electron chi connectivity index (χ0n) is 11.8. The van der Waals surface area contributed by atoms with Crippen molar-refractivity contribution < 1.29 is 9.53 Å². The molecule has 0 bridgehead atoms. The highest BCUT2D eigenvalue weighted by Crippen LogP contribution is 2.42. The summed E-state index contributed by atoms with van der Waals surface area (Å²) in [7, 11) is 0. The van der Waals surface area contributed by atoms with Gasteiger partial charge in [0, 0.05) is 21.3 Å². The van der Waals surface area contributed by atoms with Crippen molar-refractivity contribution in [1.29, 1.82) is 0 Å². The third kappa shape index (κ3) is 2.22. The Morgan fingerprint density at radius 3 is 2.55 bits per heavy atom. The molecule has 1 aliphatic rings. The highest BCUT2D eigenvalue weighted by Gasteiger charge is 2.29. The Morgan fingerprint density at radius 1 is 0.955 bits per heavy atom. The summed E-state index contributed by atoms with van der Waals surface area (Å²) in [5.74, 6) is 0.591. The van der Waals surface area contributed by atoms with Crippen LogP contribution in [0.4, 0.5) is 0 Å². The fourth-order valence-corrected chi connectivity index (χ4v) is 3.34. The highest BCUT2D eigenvalue weighted by molar-refractivity contribution is 9.10. The number of ether oxygens (including phenoxy) is 1. The molecule has 3 heteroatoms. The smallest absolute Gasteiger partial charge is 0.312 e. The second-order valence-electron chi connectivity index (χ2n) is 5.49. The molecule has 0 spiro atoms. The van der Waals surface area contributed by atoms with Gasteiger partial charge in [-0.25, -0.2) is 0 Å². The number of rotatable bonds is 1. The summed E-state index contributed by atoms with van der Waals surface area (Å²) in [5, 5.41) is 2.08. The maximum Gasteiger partial charge on any atom is 0.312 e. The van der Waals surface area contributed by atoms with Gasteiger partial charge in [0.2, 0.25) is 0 Å². The maximum atomic E-state index is 12.1. The Hall–Kier alpha value is -2.13. The van der Waals surface area contributed by atoms with Gasteiger partial charge < -0.3 is 4.74 Å². The van der Waals surface area contributed by atoms with E-state index in [1.807, 2.05) is 36.4 Å². The monoisotopic (exact) mass is 352 g/mol. The van der Waals surface area contributed by atoms with E-state index in [4.69, 9.17) is 4.74 Å². The van der Waals surface area contributed by atoms with Gasteiger partial charge >= 0.3 is 5.97 Å². The van der Waals surface area contributed by atoms with Crippen molar-refractivity contribution >= 4 is 32.7 Å². The van der Waals surface area contributed by atoms with Gasteiger partial charge in [-0.3, -0.25) is 4.79 Å². The van der Waals surface area contributed by atoms with Crippen molar-refractivity contribution in [3.63, 3.8) is 0 Å². The summed E-state index contributed by atoms with van der Waals surface area (Å²) in [6.07, 6.45) is 0.382. The Kier molecular flexibility index (Phi) is 3.23. The van der Waals surface area contributed by atoms with E-state index in [2.05, 4.69) is 40.2 Å². The lowest BCUT2D eigenvalue weighted by Gasteiger charge is -2.26. The van der Waals surface area contributed by atoms with E-state index in [1.165, 1.54) is 0 Å². The van der Waals surface area contributed by atoms with Crippen LogP contribution < -0.4 is 4.74 Å². The molecular formula is C19H13BrO2. The number of halogens is 1. The first-order valence-corrected chi connectivity index (χ1v) is 7.99. The molecule has 0 saturated carbocycles. The number of benzene rings is 3. The molecule has 4 rings (SSSR count). The molecule has 1 unspecified atom stereocenters. The first-order valence-electron chi connectivity index (χ1n) is 7.20. The fraction of sp³-hybridized carbons (Fsp3) is 0.105. The van der Waals surface area contributed by atoms with E-state index in [9.17, 15) is 4.79 Å². The minimum absolute atomic E-state index is 0.0500. The first kappa shape index (κ1) is 13.5. The second kappa shape index (κ2) is 5.25. The van der Waals surface area contributed by atoms with Crippen molar-refractivity contribution in [1.82, 2.24) is 0 Å². The van der Waals surface area contributed by atoms with E-state index in [-0.39, 0.29) is 11.9 Å². The van der Waals surface area contributed by atoms with Crippen LogP contribution in [-0.4, -0.2) is 5.97 Å². The first-order chi connectivity index (χ1) is 10.7. The lowest BCUT2D eigenvalue weighted by Crippen LogP contribution is -2.21. The molecule has 1 atom stereocenters. The van der Waals surface area contributed by atoms with Crippen molar-refractivity contribution in [3.8, 4) is 5.75 Å². The van der Waals surface area contributed by atoms with Crippen LogP contribution in [0.1, 0.15) is 23.5 Å². The van der Waals surface area contributed by atoms with Crippen LogP contribution in [0.3, 0.4) is 0 Å². The minimum Gasteiger partial charge on any atom is -0.426 e. The van der Waals surface area contributed by atoms with Gasteiger partial charge in [-0.2, -0.15) is 0 Å². The summed E-state index contributed by atoms with van der Waals surface area (Å²) < 4.78 is 6.61. The number of carbonyl (C=O) groups is 1. The summed E-state index contributed by atoms with van der Waals surface area (Å²) >= 11 is 3.45. The summed E-state index contributed by atoms with van der Waals surface area (Å²) in [6.45, 7) is 0. The summed E-state index contributed by atoms with van der Waals surface area (Å²) in [4.78, 5) is 12.1. The molecular weight excluding hydrogens is 340 g/mol. The molecule has 3 aromatic rings. The molecule has 0 saturated heterocycles. The predicted octanol–water partition coefficient (Wildman–Crippen LogP) is 5.04. The maximum absolute atomic E-state index is 12.1. The molecule has 0 aliphatic carbocycles. The van der Waals surface area contributed by atoms with E-state index in [1.54, 1.807) is 0 Å². The average molecular weight is 353 g/mol. The van der Waals surface area contributed by atoms with Crippen molar-refractivity contribution in [2.75, 3.05) is 0 Å². The Balaban J connectivity index is 1.92. The standard InChI is InChI=1S/C19H13BrO2/c20-14-8-5-13(6-9-14)17-11-18(21)22-19-15-4-2-1-3-12(15)7-10-16(17)19/h1-10,17H,11H2. The van der Waals surface area contributed by atoms with E-state index < -0.39 is 0 Å². The summed E-state index contributed by atoms with van der Waals surface area (Å²) in [6, 6.07) is 20.3. The largest absolute Gasteiger partial charge is 0.426 e. The third-order valence-corrected chi connectivity index (χ3v) is 4.67. The quantitative estimate of drug-likeness (QED) is 0.452.